The fourth-order valence-electron chi connectivity index (χ4n) is 2.48. The van der Waals surface area contributed by atoms with Crippen molar-refractivity contribution in [3.63, 3.8) is 0 Å². The van der Waals surface area contributed by atoms with E-state index in [-0.39, 0.29) is 23.7 Å². The first-order valence-electron chi connectivity index (χ1n) is 8.54. The Morgan fingerprint density at radius 1 is 1.26 bits per heavy atom. The van der Waals surface area contributed by atoms with Gasteiger partial charge in [-0.3, -0.25) is 14.9 Å². The number of hydrogen-bond acceptors (Lipinski definition) is 5. The SMILES string of the molecule is C=CCOc1ccc(CN(C)CCC(=O)Nc2ccccc2[N+](=O)[O-])cc1. The van der Waals surface area contributed by atoms with Crippen molar-refractivity contribution >= 4 is 17.3 Å². The minimum absolute atomic E-state index is 0.113. The van der Waals surface area contributed by atoms with Gasteiger partial charge in [-0.15, -0.1) is 0 Å². The number of anilines is 1. The second-order valence-corrected chi connectivity index (χ2v) is 6.05. The number of carbonyl (C=O) groups is 1. The molecule has 0 aliphatic carbocycles. The first-order valence-corrected chi connectivity index (χ1v) is 8.54. The minimum atomic E-state index is -0.510. The summed E-state index contributed by atoms with van der Waals surface area (Å²) in [5.41, 5.74) is 1.20. The van der Waals surface area contributed by atoms with Crippen LogP contribution in [0.1, 0.15) is 12.0 Å². The van der Waals surface area contributed by atoms with E-state index in [1.54, 1.807) is 18.2 Å². The molecule has 0 heterocycles. The number of benzene rings is 2. The standard InChI is InChI=1S/C20H23N3O4/c1-3-14-27-17-10-8-16(9-11-17)15-22(2)13-12-20(24)21-18-6-4-5-7-19(18)23(25)26/h3-11H,1,12-15H2,2H3,(H,21,24). The van der Waals surface area contributed by atoms with Crippen LogP contribution in [0.15, 0.2) is 61.2 Å². The number of carbonyl (C=O) groups excluding carboxylic acids is 1. The number of ether oxygens (including phenoxy) is 1. The number of nitro benzene ring substituents is 1. The van der Waals surface area contributed by atoms with Crippen LogP contribution < -0.4 is 10.1 Å². The van der Waals surface area contributed by atoms with Crippen molar-refractivity contribution in [3.05, 3.63) is 76.9 Å². The molecular weight excluding hydrogens is 346 g/mol. The first-order chi connectivity index (χ1) is 13.0. The Morgan fingerprint density at radius 3 is 2.63 bits per heavy atom. The third-order valence-corrected chi connectivity index (χ3v) is 3.84. The van der Waals surface area contributed by atoms with Gasteiger partial charge in [-0.05, 0) is 30.8 Å². The maximum atomic E-state index is 12.1. The molecule has 2 rings (SSSR count). The van der Waals surface area contributed by atoms with E-state index in [1.807, 2.05) is 36.2 Å². The Bertz CT molecular complexity index is 790. The van der Waals surface area contributed by atoms with Gasteiger partial charge < -0.3 is 15.0 Å². The molecule has 1 amide bonds. The van der Waals surface area contributed by atoms with Gasteiger partial charge in [-0.1, -0.05) is 36.9 Å². The summed E-state index contributed by atoms with van der Waals surface area (Å²) >= 11 is 0. The van der Waals surface area contributed by atoms with Gasteiger partial charge in [0.2, 0.25) is 5.91 Å². The van der Waals surface area contributed by atoms with E-state index in [4.69, 9.17) is 4.74 Å². The predicted molar refractivity (Wildman–Crippen MR) is 105 cm³/mol. The highest BCUT2D eigenvalue weighted by molar-refractivity contribution is 5.93. The Balaban J connectivity index is 1.81. The highest BCUT2D eigenvalue weighted by atomic mass is 16.6. The summed E-state index contributed by atoms with van der Waals surface area (Å²) < 4.78 is 5.44. The molecule has 2 aromatic carbocycles. The molecule has 2 aromatic rings. The smallest absolute Gasteiger partial charge is 0.292 e. The average molecular weight is 369 g/mol. The van der Waals surface area contributed by atoms with Crippen LogP contribution in [0, 0.1) is 10.1 Å². The van der Waals surface area contributed by atoms with Gasteiger partial charge in [-0.2, -0.15) is 0 Å². The fraction of sp³-hybridized carbons (Fsp3) is 0.250. The summed E-state index contributed by atoms with van der Waals surface area (Å²) in [6, 6.07) is 13.8. The Hall–Kier alpha value is -3.19. The molecule has 142 valence electrons. The molecule has 7 nitrogen and oxygen atoms in total. The van der Waals surface area contributed by atoms with E-state index in [0.29, 0.717) is 19.7 Å². The largest absolute Gasteiger partial charge is 0.490 e. The molecule has 0 bridgehead atoms. The van der Waals surface area contributed by atoms with Crippen LogP contribution in [0.5, 0.6) is 5.75 Å². The van der Waals surface area contributed by atoms with Gasteiger partial charge in [0.25, 0.3) is 5.69 Å². The van der Waals surface area contributed by atoms with Gasteiger partial charge in [-0.25, -0.2) is 0 Å². The van der Waals surface area contributed by atoms with Crippen molar-refractivity contribution < 1.29 is 14.5 Å². The molecule has 0 aromatic heterocycles. The van der Waals surface area contributed by atoms with Crippen LogP contribution in [0.4, 0.5) is 11.4 Å². The van der Waals surface area contributed by atoms with E-state index in [9.17, 15) is 14.9 Å². The second kappa shape index (κ2) is 10.1. The minimum Gasteiger partial charge on any atom is -0.490 e. The number of amides is 1. The summed E-state index contributed by atoms with van der Waals surface area (Å²) in [4.78, 5) is 24.6. The molecule has 7 heteroatoms. The number of hydrogen-bond donors (Lipinski definition) is 1. The Morgan fingerprint density at radius 2 is 1.96 bits per heavy atom. The fourth-order valence-corrected chi connectivity index (χ4v) is 2.48. The lowest BCUT2D eigenvalue weighted by molar-refractivity contribution is -0.383. The molecule has 0 spiro atoms. The van der Waals surface area contributed by atoms with Crippen molar-refractivity contribution in [1.29, 1.82) is 0 Å². The van der Waals surface area contributed by atoms with Gasteiger partial charge in [0, 0.05) is 25.6 Å². The normalized spacial score (nSPS) is 10.4. The number of nitrogens with one attached hydrogen (secondary N) is 1. The van der Waals surface area contributed by atoms with Crippen molar-refractivity contribution in [1.82, 2.24) is 4.90 Å². The molecule has 0 saturated heterocycles. The maximum Gasteiger partial charge on any atom is 0.292 e. The predicted octanol–water partition coefficient (Wildman–Crippen LogP) is 3.62. The molecule has 0 radical (unpaired) electrons. The van der Waals surface area contributed by atoms with Gasteiger partial charge >= 0.3 is 0 Å². The van der Waals surface area contributed by atoms with Gasteiger partial charge in [0.05, 0.1) is 4.92 Å². The van der Waals surface area contributed by atoms with E-state index < -0.39 is 4.92 Å². The van der Waals surface area contributed by atoms with Gasteiger partial charge in [0.1, 0.15) is 18.0 Å². The van der Waals surface area contributed by atoms with Crippen LogP contribution in [-0.4, -0.2) is 35.9 Å². The molecule has 27 heavy (non-hydrogen) atoms. The molecular formula is C20H23N3O4. The molecule has 0 aliphatic rings. The monoisotopic (exact) mass is 369 g/mol. The zero-order chi connectivity index (χ0) is 19.6. The second-order valence-electron chi connectivity index (χ2n) is 6.05. The van der Waals surface area contributed by atoms with Crippen LogP contribution >= 0.6 is 0 Å². The van der Waals surface area contributed by atoms with E-state index >= 15 is 0 Å². The van der Waals surface area contributed by atoms with E-state index in [2.05, 4.69) is 11.9 Å². The highest BCUT2D eigenvalue weighted by Crippen LogP contribution is 2.23. The summed E-state index contributed by atoms with van der Waals surface area (Å²) in [6.45, 7) is 5.29. The lowest BCUT2D eigenvalue weighted by Crippen LogP contribution is -2.24. The van der Waals surface area contributed by atoms with Crippen LogP contribution in [0.2, 0.25) is 0 Å². The topological polar surface area (TPSA) is 84.7 Å². The number of rotatable bonds is 10. The summed E-state index contributed by atoms with van der Waals surface area (Å²) in [7, 11) is 1.92. The van der Waals surface area contributed by atoms with Crippen LogP contribution in [-0.2, 0) is 11.3 Å². The Kier molecular flexibility index (Phi) is 7.51. The molecule has 0 fully saturated rings. The lowest BCUT2D eigenvalue weighted by atomic mass is 10.2. The van der Waals surface area contributed by atoms with Gasteiger partial charge in [0.15, 0.2) is 0 Å². The summed E-state index contributed by atoms with van der Waals surface area (Å²) in [6.07, 6.45) is 1.93. The Labute approximate surface area is 158 Å². The summed E-state index contributed by atoms with van der Waals surface area (Å²) in [5.74, 6) is 0.523. The van der Waals surface area contributed by atoms with Crippen molar-refractivity contribution in [2.24, 2.45) is 0 Å². The maximum absolute atomic E-state index is 12.1. The molecule has 0 saturated carbocycles. The third kappa shape index (κ3) is 6.56. The van der Waals surface area contributed by atoms with E-state index in [1.165, 1.54) is 12.1 Å². The average Bonchev–Trinajstić information content (AvgIpc) is 2.66. The van der Waals surface area contributed by atoms with Crippen molar-refractivity contribution in [2.75, 3.05) is 25.5 Å². The van der Waals surface area contributed by atoms with Crippen molar-refractivity contribution in [3.8, 4) is 5.75 Å². The quantitative estimate of drug-likeness (QED) is 0.393. The number of para-hydroxylation sites is 2. The lowest BCUT2D eigenvalue weighted by Gasteiger charge is -2.16. The van der Waals surface area contributed by atoms with Crippen molar-refractivity contribution in [2.45, 2.75) is 13.0 Å². The zero-order valence-electron chi connectivity index (χ0n) is 15.3. The number of nitrogens with zero attached hydrogens (tertiary/aromatic N) is 2. The molecule has 0 atom stereocenters. The van der Waals surface area contributed by atoms with Crippen LogP contribution in [0.3, 0.4) is 0 Å². The zero-order valence-corrected chi connectivity index (χ0v) is 15.3. The van der Waals surface area contributed by atoms with Crippen LogP contribution in [0.25, 0.3) is 0 Å². The molecule has 0 aliphatic heterocycles. The van der Waals surface area contributed by atoms with E-state index in [0.717, 1.165) is 11.3 Å². The molecule has 0 unspecified atom stereocenters. The molecule has 1 N–H and O–H groups in total. The third-order valence-electron chi connectivity index (χ3n) is 3.84. The summed E-state index contributed by atoms with van der Waals surface area (Å²) in [5, 5.41) is 13.6. The first kappa shape index (κ1) is 20.1. The highest BCUT2D eigenvalue weighted by Gasteiger charge is 2.15. The number of nitro groups is 1.